The van der Waals surface area contributed by atoms with Crippen LogP contribution in [0.3, 0.4) is 0 Å². The van der Waals surface area contributed by atoms with Crippen LogP contribution in [-0.4, -0.2) is 33.9 Å². The fraction of sp³-hybridized carbons (Fsp3) is 0.263. The summed E-state index contributed by atoms with van der Waals surface area (Å²) in [4.78, 5) is 16.2. The summed E-state index contributed by atoms with van der Waals surface area (Å²) in [5, 5.41) is 2.50. The van der Waals surface area contributed by atoms with Gasteiger partial charge in [0.25, 0.3) is 0 Å². The van der Waals surface area contributed by atoms with Crippen LogP contribution < -0.4 is 5.32 Å². The van der Waals surface area contributed by atoms with Crippen LogP contribution in [0.15, 0.2) is 59.8 Å². The molecule has 0 bridgehead atoms. The summed E-state index contributed by atoms with van der Waals surface area (Å²) in [6.45, 7) is -0.659. The van der Waals surface area contributed by atoms with Crippen LogP contribution in [0.2, 0.25) is 0 Å². The maximum Gasteiger partial charge on any atom is 0.405 e. The third kappa shape index (κ3) is 5.50. The number of thioether (sulfide) groups is 1. The van der Waals surface area contributed by atoms with Crippen molar-refractivity contribution in [1.82, 2.24) is 14.9 Å². The number of fused-ring (bicyclic) bond motifs is 1. The molecule has 8 heteroatoms. The number of hydrogen-bond acceptors (Lipinski definition) is 3. The lowest BCUT2D eigenvalue weighted by atomic mass is 10.1. The molecule has 27 heavy (non-hydrogen) atoms. The highest BCUT2D eigenvalue weighted by molar-refractivity contribution is 7.99. The van der Waals surface area contributed by atoms with Gasteiger partial charge in [0.05, 0.1) is 16.8 Å². The van der Waals surface area contributed by atoms with Gasteiger partial charge in [-0.25, -0.2) is 4.98 Å². The zero-order valence-electron chi connectivity index (χ0n) is 14.4. The minimum atomic E-state index is -4.41. The molecule has 0 saturated carbocycles. The Kier molecular flexibility index (Phi) is 6.05. The molecule has 0 aliphatic heterocycles. The number of carbonyl (C=O) groups excluding carboxylic acids is 1. The van der Waals surface area contributed by atoms with Gasteiger partial charge in [0.15, 0.2) is 5.16 Å². The number of aromatic nitrogens is 2. The molecule has 3 rings (SSSR count). The van der Waals surface area contributed by atoms with E-state index in [0.717, 1.165) is 29.2 Å². The number of carbonyl (C=O) groups is 1. The molecular formula is C19H18F3N3OS. The quantitative estimate of drug-likeness (QED) is 0.616. The van der Waals surface area contributed by atoms with Crippen LogP contribution in [-0.2, 0) is 17.8 Å². The SMILES string of the molecule is O=C(CSc1nc2ccccc2n1CCc1ccccc1)NCC(F)(F)F. The predicted octanol–water partition coefficient (Wildman–Crippen LogP) is 4.05. The van der Waals surface area contributed by atoms with E-state index in [1.54, 1.807) is 0 Å². The molecule has 0 atom stereocenters. The van der Waals surface area contributed by atoms with Crippen molar-refractivity contribution < 1.29 is 18.0 Å². The molecule has 0 spiro atoms. The summed E-state index contributed by atoms with van der Waals surface area (Å²) in [7, 11) is 0. The van der Waals surface area contributed by atoms with E-state index < -0.39 is 18.6 Å². The molecule has 142 valence electrons. The molecule has 0 unspecified atom stereocenters. The molecule has 1 N–H and O–H groups in total. The number of para-hydroxylation sites is 2. The first-order valence-corrected chi connectivity index (χ1v) is 9.36. The molecule has 1 heterocycles. The van der Waals surface area contributed by atoms with Crippen molar-refractivity contribution in [2.24, 2.45) is 0 Å². The van der Waals surface area contributed by atoms with Crippen molar-refractivity contribution in [2.75, 3.05) is 12.3 Å². The van der Waals surface area contributed by atoms with E-state index in [9.17, 15) is 18.0 Å². The molecule has 0 radical (unpaired) electrons. The number of alkyl halides is 3. The van der Waals surface area contributed by atoms with Crippen LogP contribution in [0.25, 0.3) is 11.0 Å². The first kappa shape index (κ1) is 19.3. The summed E-state index contributed by atoms with van der Waals surface area (Å²) < 4.78 is 38.6. The number of nitrogens with zero attached hydrogens (tertiary/aromatic N) is 2. The molecule has 0 aliphatic rings. The molecular weight excluding hydrogens is 375 g/mol. The summed E-state index contributed by atoms with van der Waals surface area (Å²) in [6.07, 6.45) is -3.63. The smallest absolute Gasteiger partial charge is 0.346 e. The Labute approximate surface area is 158 Å². The largest absolute Gasteiger partial charge is 0.405 e. The molecule has 0 aliphatic carbocycles. The Morgan fingerprint density at radius 1 is 1.07 bits per heavy atom. The number of hydrogen-bond donors (Lipinski definition) is 1. The van der Waals surface area contributed by atoms with Crippen LogP contribution in [0, 0.1) is 0 Å². The normalized spacial score (nSPS) is 11.7. The van der Waals surface area contributed by atoms with Crippen LogP contribution >= 0.6 is 11.8 Å². The minimum absolute atomic E-state index is 0.120. The van der Waals surface area contributed by atoms with Gasteiger partial charge in [-0.2, -0.15) is 13.2 Å². The van der Waals surface area contributed by atoms with Crippen LogP contribution in [0.1, 0.15) is 5.56 Å². The van der Waals surface area contributed by atoms with E-state index >= 15 is 0 Å². The Bertz CT molecular complexity index is 909. The maximum absolute atomic E-state index is 12.2. The van der Waals surface area contributed by atoms with Gasteiger partial charge < -0.3 is 9.88 Å². The standard InChI is InChI=1S/C19H18F3N3OS/c20-19(21,22)13-23-17(26)12-27-18-24-15-8-4-5-9-16(15)25(18)11-10-14-6-2-1-3-7-14/h1-9H,10-13H2,(H,23,26). The van der Waals surface area contributed by atoms with Crippen molar-refractivity contribution in [3.05, 3.63) is 60.2 Å². The van der Waals surface area contributed by atoms with E-state index in [2.05, 4.69) is 4.98 Å². The maximum atomic E-state index is 12.2. The van der Waals surface area contributed by atoms with Crippen molar-refractivity contribution >= 4 is 28.7 Å². The number of amides is 1. The van der Waals surface area contributed by atoms with Crippen LogP contribution in [0.4, 0.5) is 13.2 Å². The fourth-order valence-corrected chi connectivity index (χ4v) is 3.52. The zero-order valence-corrected chi connectivity index (χ0v) is 15.2. The molecule has 4 nitrogen and oxygen atoms in total. The fourth-order valence-electron chi connectivity index (χ4n) is 2.65. The minimum Gasteiger partial charge on any atom is -0.346 e. The highest BCUT2D eigenvalue weighted by Crippen LogP contribution is 2.24. The summed E-state index contributed by atoms with van der Waals surface area (Å²) in [5.74, 6) is -0.788. The first-order chi connectivity index (χ1) is 12.9. The zero-order chi connectivity index (χ0) is 19.3. The van der Waals surface area contributed by atoms with Gasteiger partial charge in [0.1, 0.15) is 6.54 Å². The lowest BCUT2D eigenvalue weighted by Gasteiger charge is -2.10. The van der Waals surface area contributed by atoms with Gasteiger partial charge >= 0.3 is 6.18 Å². The van der Waals surface area contributed by atoms with Gasteiger partial charge in [-0.05, 0) is 24.1 Å². The molecule has 1 aromatic heterocycles. The number of rotatable bonds is 7. The Morgan fingerprint density at radius 3 is 2.52 bits per heavy atom. The average molecular weight is 393 g/mol. The van der Waals surface area contributed by atoms with Gasteiger partial charge in [-0.3, -0.25) is 4.79 Å². The summed E-state index contributed by atoms with van der Waals surface area (Å²) >= 11 is 1.14. The van der Waals surface area contributed by atoms with E-state index in [4.69, 9.17) is 0 Å². The topological polar surface area (TPSA) is 46.9 Å². The van der Waals surface area contributed by atoms with Crippen LogP contribution in [0.5, 0.6) is 0 Å². The second kappa shape index (κ2) is 8.47. The monoisotopic (exact) mass is 393 g/mol. The Balaban J connectivity index is 1.71. The lowest BCUT2D eigenvalue weighted by molar-refractivity contribution is -0.136. The lowest BCUT2D eigenvalue weighted by Crippen LogP contribution is -2.34. The number of aryl methyl sites for hydroxylation is 2. The van der Waals surface area contributed by atoms with Gasteiger partial charge in [-0.1, -0.05) is 54.2 Å². The van der Waals surface area contributed by atoms with E-state index in [-0.39, 0.29) is 5.75 Å². The summed E-state index contributed by atoms with van der Waals surface area (Å²) in [6, 6.07) is 17.6. The first-order valence-electron chi connectivity index (χ1n) is 8.38. The predicted molar refractivity (Wildman–Crippen MR) is 99.7 cm³/mol. The third-order valence-corrected chi connectivity index (χ3v) is 4.88. The molecule has 0 saturated heterocycles. The number of benzene rings is 2. The highest BCUT2D eigenvalue weighted by atomic mass is 32.2. The van der Waals surface area contributed by atoms with E-state index in [0.29, 0.717) is 11.7 Å². The molecule has 1 amide bonds. The second-order valence-corrected chi connectivity index (χ2v) is 6.89. The third-order valence-electron chi connectivity index (χ3n) is 3.90. The Hall–Kier alpha value is -2.48. The van der Waals surface area contributed by atoms with Gasteiger partial charge in [0, 0.05) is 6.54 Å². The van der Waals surface area contributed by atoms with E-state index in [1.165, 1.54) is 5.56 Å². The van der Waals surface area contributed by atoms with Crippen molar-refractivity contribution in [3.63, 3.8) is 0 Å². The number of nitrogens with one attached hydrogen (secondary N) is 1. The van der Waals surface area contributed by atoms with Crippen molar-refractivity contribution in [3.8, 4) is 0 Å². The molecule has 0 fully saturated rings. The molecule has 2 aromatic carbocycles. The summed E-state index contributed by atoms with van der Waals surface area (Å²) in [5.41, 5.74) is 2.91. The van der Waals surface area contributed by atoms with Gasteiger partial charge in [-0.15, -0.1) is 0 Å². The number of halogens is 3. The van der Waals surface area contributed by atoms with E-state index in [1.807, 2.05) is 64.5 Å². The van der Waals surface area contributed by atoms with Crippen molar-refractivity contribution in [1.29, 1.82) is 0 Å². The second-order valence-electron chi connectivity index (χ2n) is 5.95. The molecule has 3 aromatic rings. The van der Waals surface area contributed by atoms with Gasteiger partial charge in [0.2, 0.25) is 5.91 Å². The highest BCUT2D eigenvalue weighted by Gasteiger charge is 2.27. The number of imidazole rings is 1. The average Bonchev–Trinajstić information content (AvgIpc) is 3.01. The van der Waals surface area contributed by atoms with Crippen molar-refractivity contribution in [2.45, 2.75) is 24.3 Å². The Morgan fingerprint density at radius 2 is 1.78 bits per heavy atom.